The highest BCUT2D eigenvalue weighted by molar-refractivity contribution is 7.18. The van der Waals surface area contributed by atoms with Crippen LogP contribution in [0.5, 0.6) is 0 Å². The highest BCUT2D eigenvalue weighted by atomic mass is 32.1. The van der Waals surface area contributed by atoms with Gasteiger partial charge >= 0.3 is 0 Å². The van der Waals surface area contributed by atoms with Crippen molar-refractivity contribution in [2.45, 2.75) is 50.4 Å². The number of hydrogen-bond donors (Lipinski definition) is 1. The summed E-state index contributed by atoms with van der Waals surface area (Å²) < 4.78 is 0. The molecule has 26 heavy (non-hydrogen) atoms. The van der Waals surface area contributed by atoms with Gasteiger partial charge in [0, 0.05) is 28.6 Å². The monoisotopic (exact) mass is 362 g/mol. The van der Waals surface area contributed by atoms with Crippen molar-refractivity contribution in [2.24, 2.45) is 0 Å². The summed E-state index contributed by atoms with van der Waals surface area (Å²) in [5.41, 5.74) is 9.30. The molecule has 0 radical (unpaired) electrons. The molecule has 1 atom stereocenters. The zero-order valence-corrected chi connectivity index (χ0v) is 15.1. The maximum atomic E-state index is 10.2. The molecule has 0 saturated heterocycles. The lowest BCUT2D eigenvalue weighted by molar-refractivity contribution is 0.456. The molecule has 5 rings (SSSR count). The Morgan fingerprint density at radius 1 is 1.15 bits per heavy atom. The summed E-state index contributed by atoms with van der Waals surface area (Å²) >= 11 is 1.77. The first kappa shape index (κ1) is 15.6. The number of nitrogens with zero attached hydrogens (tertiary/aromatic N) is 5. The summed E-state index contributed by atoms with van der Waals surface area (Å²) in [6.07, 6.45) is 9.99. The van der Waals surface area contributed by atoms with Crippen LogP contribution in [-0.2, 0) is 31.1 Å². The molecule has 3 aromatic rings. The smallest absolute Gasteiger partial charge is 0.220 e. The number of aromatic nitrogens is 4. The Bertz CT molecular complexity index is 1070. The first-order valence-electron chi connectivity index (χ1n) is 8.97. The Labute approximate surface area is 155 Å². The minimum absolute atomic E-state index is 0.296. The van der Waals surface area contributed by atoms with E-state index in [-0.39, 0.29) is 0 Å². The summed E-state index contributed by atoms with van der Waals surface area (Å²) in [4.78, 5) is 20.1. The van der Waals surface area contributed by atoms with Crippen LogP contribution in [0.1, 0.15) is 46.7 Å². The number of hydrogen-bond acceptors (Lipinski definition) is 7. The molecule has 3 aromatic heterocycles. The van der Waals surface area contributed by atoms with Gasteiger partial charge in [0.05, 0.1) is 11.8 Å². The van der Waals surface area contributed by atoms with Crippen molar-refractivity contribution in [3.63, 3.8) is 0 Å². The van der Waals surface area contributed by atoms with Crippen molar-refractivity contribution in [2.75, 3.05) is 5.73 Å². The van der Waals surface area contributed by atoms with Crippen LogP contribution in [-0.4, -0.2) is 19.9 Å². The van der Waals surface area contributed by atoms with Crippen molar-refractivity contribution in [1.82, 2.24) is 19.9 Å². The summed E-state index contributed by atoms with van der Waals surface area (Å²) in [5.74, 6) is 0.296. The van der Waals surface area contributed by atoms with Crippen molar-refractivity contribution in [3.05, 3.63) is 39.9 Å². The molecule has 130 valence electrons. The quantitative estimate of drug-likeness (QED) is 0.714. The van der Waals surface area contributed by atoms with Gasteiger partial charge in [0.2, 0.25) is 5.95 Å². The first-order valence-corrected chi connectivity index (χ1v) is 9.79. The van der Waals surface area contributed by atoms with Gasteiger partial charge in [-0.15, -0.1) is 11.3 Å². The highest BCUT2D eigenvalue weighted by Gasteiger charge is 2.41. The molecule has 0 bridgehead atoms. The number of rotatable bonds is 1. The lowest BCUT2D eigenvalue weighted by Gasteiger charge is -2.31. The second-order valence-corrected chi connectivity index (χ2v) is 8.27. The first-order chi connectivity index (χ1) is 12.7. The van der Waals surface area contributed by atoms with Gasteiger partial charge in [0.25, 0.3) is 0 Å². The molecule has 2 aliphatic rings. The molecule has 7 heteroatoms. The molecular formula is C19H18N6S. The van der Waals surface area contributed by atoms with Crippen LogP contribution in [0.25, 0.3) is 10.2 Å². The molecule has 0 saturated carbocycles. The zero-order valence-electron chi connectivity index (χ0n) is 14.3. The van der Waals surface area contributed by atoms with Crippen molar-refractivity contribution >= 4 is 27.5 Å². The predicted molar refractivity (Wildman–Crippen MR) is 99.8 cm³/mol. The maximum absolute atomic E-state index is 10.2. The molecule has 0 amide bonds. The fourth-order valence-electron chi connectivity index (χ4n) is 4.37. The lowest BCUT2D eigenvalue weighted by Crippen LogP contribution is -2.34. The molecule has 0 aliphatic heterocycles. The molecule has 1 unspecified atom stereocenters. The third kappa shape index (κ3) is 2.22. The largest absolute Gasteiger partial charge is 0.368 e. The van der Waals surface area contributed by atoms with E-state index in [1.807, 2.05) is 0 Å². The van der Waals surface area contributed by atoms with Crippen LogP contribution in [0.2, 0.25) is 0 Å². The number of anilines is 1. The van der Waals surface area contributed by atoms with Gasteiger partial charge in [0.15, 0.2) is 0 Å². The molecule has 2 aliphatic carbocycles. The maximum Gasteiger partial charge on any atom is 0.220 e. The lowest BCUT2D eigenvalue weighted by atomic mass is 9.70. The topological polar surface area (TPSA) is 101 Å². The third-order valence-electron chi connectivity index (χ3n) is 5.67. The van der Waals surface area contributed by atoms with Gasteiger partial charge in [-0.3, -0.25) is 0 Å². The summed E-state index contributed by atoms with van der Waals surface area (Å²) in [7, 11) is 0. The van der Waals surface area contributed by atoms with Gasteiger partial charge in [-0.1, -0.05) is 0 Å². The Morgan fingerprint density at radius 2 is 2.04 bits per heavy atom. The normalized spacial score (nSPS) is 21.8. The number of thiophene rings is 1. The highest BCUT2D eigenvalue weighted by Crippen LogP contribution is 2.44. The van der Waals surface area contributed by atoms with Crippen LogP contribution in [0, 0.1) is 11.3 Å². The van der Waals surface area contributed by atoms with Gasteiger partial charge in [-0.2, -0.15) is 5.26 Å². The molecular weight excluding hydrogens is 344 g/mol. The van der Waals surface area contributed by atoms with Crippen LogP contribution in [0.3, 0.4) is 0 Å². The van der Waals surface area contributed by atoms with Gasteiger partial charge in [0.1, 0.15) is 16.6 Å². The second-order valence-electron chi connectivity index (χ2n) is 7.18. The van der Waals surface area contributed by atoms with Crippen molar-refractivity contribution in [1.29, 1.82) is 5.26 Å². The van der Waals surface area contributed by atoms with Crippen LogP contribution < -0.4 is 5.73 Å². The average Bonchev–Trinajstić information content (AvgIpc) is 3.06. The number of nitrogen functional groups attached to an aromatic ring is 1. The Balaban J connectivity index is 1.70. The van der Waals surface area contributed by atoms with E-state index in [1.165, 1.54) is 23.3 Å². The van der Waals surface area contributed by atoms with Gasteiger partial charge in [-0.05, 0) is 49.7 Å². The molecule has 0 spiro atoms. The number of aryl methyl sites for hydroxylation is 3. The van der Waals surface area contributed by atoms with E-state index in [1.54, 1.807) is 23.9 Å². The number of fused-ring (bicyclic) bond motifs is 4. The van der Waals surface area contributed by atoms with E-state index in [4.69, 9.17) is 5.73 Å². The molecule has 6 nitrogen and oxygen atoms in total. The summed E-state index contributed by atoms with van der Waals surface area (Å²) in [5, 5.41) is 11.3. The molecule has 3 heterocycles. The predicted octanol–water partition coefficient (Wildman–Crippen LogP) is 2.89. The van der Waals surface area contributed by atoms with E-state index in [0.29, 0.717) is 25.2 Å². The van der Waals surface area contributed by atoms with Crippen LogP contribution in [0.4, 0.5) is 5.95 Å². The Morgan fingerprint density at radius 3 is 2.92 bits per heavy atom. The van der Waals surface area contributed by atoms with Crippen molar-refractivity contribution in [3.8, 4) is 6.07 Å². The van der Waals surface area contributed by atoms with Crippen LogP contribution in [0.15, 0.2) is 12.5 Å². The molecule has 2 N–H and O–H groups in total. The summed E-state index contributed by atoms with van der Waals surface area (Å²) in [6, 6.07) is 2.61. The minimum atomic E-state index is -0.653. The minimum Gasteiger partial charge on any atom is -0.368 e. The van der Waals surface area contributed by atoms with Gasteiger partial charge < -0.3 is 5.73 Å². The fourth-order valence-corrected chi connectivity index (χ4v) is 5.60. The standard InChI is InChI=1S/C19H18N6S/c20-9-19(6-5-13-11(7-19)8-22-18(21)25-13)16-15-12-3-1-2-4-14(12)26-17(15)24-10-23-16/h8,10H,1-7H2,(H2,21,22,25). The van der Waals surface area contributed by atoms with Gasteiger partial charge in [-0.25, -0.2) is 19.9 Å². The Kier molecular flexibility index (Phi) is 3.44. The average molecular weight is 362 g/mol. The Hall–Kier alpha value is -2.59. The zero-order chi connectivity index (χ0) is 17.7. The SMILES string of the molecule is N#CC1(c2ncnc3sc4c(c23)CCCC4)CCc2nc(N)ncc2C1. The fraction of sp³-hybridized carbons (Fsp3) is 0.421. The van der Waals surface area contributed by atoms with E-state index in [9.17, 15) is 5.26 Å². The summed E-state index contributed by atoms with van der Waals surface area (Å²) in [6.45, 7) is 0. The molecule has 0 fully saturated rings. The number of nitriles is 1. The second kappa shape index (κ2) is 5.71. The van der Waals surface area contributed by atoms with E-state index in [2.05, 4.69) is 26.0 Å². The van der Waals surface area contributed by atoms with E-state index < -0.39 is 5.41 Å². The third-order valence-corrected chi connectivity index (χ3v) is 6.87. The number of nitrogens with two attached hydrogens (primary N) is 1. The van der Waals surface area contributed by atoms with E-state index >= 15 is 0 Å². The van der Waals surface area contributed by atoms with Crippen molar-refractivity contribution < 1.29 is 0 Å². The van der Waals surface area contributed by atoms with E-state index in [0.717, 1.165) is 40.0 Å². The van der Waals surface area contributed by atoms with Crippen LogP contribution >= 0.6 is 11.3 Å². The molecule has 0 aromatic carbocycles.